The van der Waals surface area contributed by atoms with E-state index in [9.17, 15) is 9.59 Å². The quantitative estimate of drug-likeness (QED) is 0.520. The molecule has 1 N–H and O–H groups in total. The fraction of sp³-hybridized carbons (Fsp3) is 0.778. The number of carbonyl (C=O) groups excluding carboxylic acids is 2. The van der Waals surface area contributed by atoms with Gasteiger partial charge in [-0.15, -0.1) is 0 Å². The fourth-order valence-corrected chi connectivity index (χ4v) is 1.10. The van der Waals surface area contributed by atoms with Crippen LogP contribution < -0.4 is 5.32 Å². The highest BCUT2D eigenvalue weighted by Gasteiger charge is 2.22. The van der Waals surface area contributed by atoms with E-state index in [4.69, 9.17) is 5.39 Å². The van der Waals surface area contributed by atoms with E-state index in [-0.39, 0.29) is 6.54 Å². The second kappa shape index (κ2) is 7.74. The van der Waals surface area contributed by atoms with Gasteiger partial charge in [0.2, 0.25) is 5.39 Å². The van der Waals surface area contributed by atoms with Gasteiger partial charge in [-0.2, -0.15) is 0 Å². The van der Waals surface area contributed by atoms with Crippen LogP contribution in [0, 0.1) is 5.39 Å². The molecule has 0 aromatic rings. The molecule has 1 atom stereocenters. The first-order chi connectivity index (χ1) is 7.15. The summed E-state index contributed by atoms with van der Waals surface area (Å²) in [5.74, 6) is -0.973. The Bertz CT molecular complexity index is 260. The largest absolute Gasteiger partial charge is 0.467 e. The third-order valence-electron chi connectivity index (χ3n) is 1.88. The van der Waals surface area contributed by atoms with Crippen LogP contribution in [0.25, 0.3) is 4.98 Å². The Balaban J connectivity index is 4.18. The van der Waals surface area contributed by atoms with Crippen molar-refractivity contribution in [3.63, 3.8) is 0 Å². The van der Waals surface area contributed by atoms with Crippen LogP contribution in [0.3, 0.4) is 0 Å². The molecule has 0 aromatic carbocycles. The summed E-state index contributed by atoms with van der Waals surface area (Å²) >= 11 is 0. The number of esters is 1. The van der Waals surface area contributed by atoms with Crippen molar-refractivity contribution in [2.45, 2.75) is 32.2 Å². The Morgan fingerprint density at radius 1 is 1.53 bits per heavy atom. The first-order valence-electron chi connectivity index (χ1n) is 4.83. The molecule has 0 saturated heterocycles. The van der Waals surface area contributed by atoms with Crippen LogP contribution in [-0.4, -0.2) is 31.6 Å². The fourth-order valence-electron chi connectivity index (χ4n) is 1.10. The molecule has 6 heteroatoms. The zero-order chi connectivity index (χ0) is 11.7. The number of nitrogens with zero attached hydrogens (tertiary/aromatic N) is 2. The van der Waals surface area contributed by atoms with Gasteiger partial charge in [-0.1, -0.05) is 19.8 Å². The third-order valence-corrected chi connectivity index (χ3v) is 1.88. The number of rotatable bonds is 6. The van der Waals surface area contributed by atoms with Crippen molar-refractivity contribution in [2.75, 3.05) is 13.7 Å². The number of ether oxygens (including phenoxy) is 1. The Morgan fingerprint density at radius 3 is 2.67 bits per heavy atom. The minimum Gasteiger partial charge on any atom is -0.467 e. The minimum absolute atomic E-state index is 0.361. The van der Waals surface area contributed by atoms with E-state index in [2.05, 4.69) is 15.0 Å². The third kappa shape index (κ3) is 5.62. The van der Waals surface area contributed by atoms with Crippen molar-refractivity contribution in [1.29, 1.82) is 5.39 Å². The van der Waals surface area contributed by atoms with Gasteiger partial charge in [0.1, 0.15) is 11.0 Å². The van der Waals surface area contributed by atoms with Crippen LogP contribution in [0.2, 0.25) is 0 Å². The molecule has 0 radical (unpaired) electrons. The number of hydrogen-bond acceptors (Lipinski definition) is 4. The lowest BCUT2D eigenvalue weighted by atomic mass is 10.1. The predicted octanol–water partition coefficient (Wildman–Crippen LogP) is 0.687. The first kappa shape index (κ1) is 13.4. The number of nitrogens with one attached hydrogen (secondary N) is 1. The van der Waals surface area contributed by atoms with E-state index in [0.717, 1.165) is 12.8 Å². The molecule has 0 aliphatic heterocycles. The van der Waals surface area contributed by atoms with Crippen molar-refractivity contribution in [3.05, 3.63) is 4.98 Å². The number of diazo groups is 1. The Labute approximate surface area is 88.6 Å². The summed E-state index contributed by atoms with van der Waals surface area (Å²) in [6, 6.07) is -0.649. The van der Waals surface area contributed by atoms with Gasteiger partial charge < -0.3 is 10.1 Å². The molecular formula is C9H16N3O3+. The summed E-state index contributed by atoms with van der Waals surface area (Å²) < 4.78 is 4.54. The lowest BCUT2D eigenvalue weighted by Gasteiger charge is -2.13. The van der Waals surface area contributed by atoms with Crippen LogP contribution >= 0.6 is 0 Å². The van der Waals surface area contributed by atoms with E-state index in [1.807, 2.05) is 6.92 Å². The monoisotopic (exact) mass is 214 g/mol. The molecule has 1 amide bonds. The molecule has 0 aromatic heterocycles. The standard InChI is InChI=1S/C9H15N3O3/c1-3-4-5-7(9(14)15-2)12-8(13)6-11-10/h7H,3-6H2,1-2H3/p+1/t7-/m0/s1. The Morgan fingerprint density at radius 2 is 2.20 bits per heavy atom. The van der Waals surface area contributed by atoms with Gasteiger partial charge in [0.15, 0.2) is 0 Å². The molecule has 15 heavy (non-hydrogen) atoms. The summed E-state index contributed by atoms with van der Waals surface area (Å²) in [5.41, 5.74) is 0. The highest BCUT2D eigenvalue weighted by atomic mass is 16.5. The number of carbonyl (C=O) groups is 2. The van der Waals surface area contributed by atoms with Gasteiger partial charge >= 0.3 is 18.4 Å². The number of methoxy groups -OCH3 is 1. The molecule has 0 unspecified atom stereocenters. The van der Waals surface area contributed by atoms with E-state index in [1.165, 1.54) is 7.11 Å². The Hall–Kier alpha value is -1.64. The molecule has 84 valence electrons. The molecule has 6 nitrogen and oxygen atoms in total. The average Bonchev–Trinajstić information content (AvgIpc) is 2.23. The first-order valence-corrected chi connectivity index (χ1v) is 4.83. The zero-order valence-electron chi connectivity index (χ0n) is 9.02. The molecule has 0 rings (SSSR count). The summed E-state index contributed by atoms with van der Waals surface area (Å²) in [4.78, 5) is 25.0. The van der Waals surface area contributed by atoms with E-state index >= 15 is 0 Å². The van der Waals surface area contributed by atoms with E-state index in [0.29, 0.717) is 6.42 Å². The van der Waals surface area contributed by atoms with Crippen LogP contribution in [0.5, 0.6) is 0 Å². The molecule has 0 aliphatic carbocycles. The van der Waals surface area contributed by atoms with Crippen LogP contribution in [0.1, 0.15) is 26.2 Å². The molecule has 0 saturated carbocycles. The summed E-state index contributed by atoms with van der Waals surface area (Å²) in [6.07, 6.45) is 2.27. The van der Waals surface area contributed by atoms with E-state index in [1.54, 1.807) is 0 Å². The second-order valence-electron chi connectivity index (χ2n) is 3.09. The zero-order valence-corrected chi connectivity index (χ0v) is 9.02. The SMILES string of the molecule is CCCC[C@H](NC(=O)C[N+]#N)C(=O)OC. The Kier molecular flexibility index (Phi) is 6.89. The normalized spacial score (nSPS) is 11.3. The van der Waals surface area contributed by atoms with Crippen molar-refractivity contribution in [3.8, 4) is 0 Å². The van der Waals surface area contributed by atoms with Crippen molar-refractivity contribution < 1.29 is 14.3 Å². The topological polar surface area (TPSA) is 83.5 Å². The minimum atomic E-state index is -0.649. The number of unbranched alkanes of at least 4 members (excludes halogenated alkanes) is 1. The van der Waals surface area contributed by atoms with Crippen molar-refractivity contribution in [2.24, 2.45) is 0 Å². The summed E-state index contributed by atoms with van der Waals surface area (Å²) in [5, 5.41) is 10.6. The molecule has 0 fully saturated rings. The molecule has 0 bridgehead atoms. The van der Waals surface area contributed by atoms with Crippen molar-refractivity contribution in [1.82, 2.24) is 5.32 Å². The van der Waals surface area contributed by atoms with Gasteiger partial charge in [-0.25, -0.2) is 4.79 Å². The van der Waals surface area contributed by atoms with Crippen LogP contribution in [0.4, 0.5) is 0 Å². The van der Waals surface area contributed by atoms with Gasteiger partial charge in [0.05, 0.1) is 7.11 Å². The van der Waals surface area contributed by atoms with Gasteiger partial charge in [0.25, 0.3) is 0 Å². The lowest BCUT2D eigenvalue weighted by molar-refractivity contribution is -0.145. The van der Waals surface area contributed by atoms with Crippen molar-refractivity contribution >= 4 is 11.9 Å². The number of hydrogen-bond donors (Lipinski definition) is 1. The predicted molar refractivity (Wildman–Crippen MR) is 53.4 cm³/mol. The highest BCUT2D eigenvalue weighted by Crippen LogP contribution is 2.02. The maximum Gasteiger partial charge on any atom is 0.381 e. The van der Waals surface area contributed by atoms with Gasteiger partial charge in [0, 0.05) is 0 Å². The molecule has 0 aliphatic rings. The van der Waals surface area contributed by atoms with E-state index < -0.39 is 17.9 Å². The summed E-state index contributed by atoms with van der Waals surface area (Å²) in [6.45, 7) is 1.62. The highest BCUT2D eigenvalue weighted by molar-refractivity contribution is 5.86. The smallest absolute Gasteiger partial charge is 0.381 e. The van der Waals surface area contributed by atoms with Crippen LogP contribution in [-0.2, 0) is 14.3 Å². The van der Waals surface area contributed by atoms with Gasteiger partial charge in [-0.05, 0) is 6.42 Å². The number of amides is 1. The maximum absolute atomic E-state index is 11.2. The second-order valence-corrected chi connectivity index (χ2v) is 3.09. The lowest BCUT2D eigenvalue weighted by Crippen LogP contribution is -2.42. The molecule has 0 spiro atoms. The van der Waals surface area contributed by atoms with Crippen LogP contribution in [0.15, 0.2) is 0 Å². The van der Waals surface area contributed by atoms with Gasteiger partial charge in [-0.3, -0.25) is 4.79 Å². The average molecular weight is 214 g/mol. The molecular weight excluding hydrogens is 198 g/mol. The molecule has 0 heterocycles. The maximum atomic E-state index is 11.2. The summed E-state index contributed by atoms with van der Waals surface area (Å²) in [7, 11) is 1.27.